The van der Waals surface area contributed by atoms with Crippen molar-refractivity contribution in [3.05, 3.63) is 29.3 Å². The van der Waals surface area contributed by atoms with E-state index in [-0.39, 0.29) is 4.90 Å². The van der Waals surface area contributed by atoms with Gasteiger partial charge in [-0.2, -0.15) is 0 Å². The lowest BCUT2D eigenvalue weighted by Gasteiger charge is -2.05. The number of unbranched alkanes of at least 4 members (excludes halogenated alkanes) is 9. The first-order chi connectivity index (χ1) is 14.3. The van der Waals surface area contributed by atoms with E-state index in [1.807, 2.05) is 11.8 Å². The predicted octanol–water partition coefficient (Wildman–Crippen LogP) is 6.72. The Labute approximate surface area is 193 Å². The summed E-state index contributed by atoms with van der Waals surface area (Å²) >= 11 is 7.50. The Morgan fingerprint density at radius 2 is 1.50 bits per heavy atom. The second kappa shape index (κ2) is 15.3. The lowest BCUT2D eigenvalue weighted by Crippen LogP contribution is -2.23. The molecule has 0 radical (unpaired) electrons. The van der Waals surface area contributed by atoms with Gasteiger partial charge in [0.15, 0.2) is 6.04 Å². The SMILES string of the molecule is CCCCCCCCCCCC[N+]1=C(C)SCC1C.O=S(=O)([O-])c1ccc(Cl)cc1. The zero-order chi connectivity index (χ0) is 22.4. The van der Waals surface area contributed by atoms with Crippen molar-refractivity contribution in [2.45, 2.75) is 95.9 Å². The Bertz CT molecular complexity index is 733. The van der Waals surface area contributed by atoms with Crippen molar-refractivity contribution in [1.29, 1.82) is 0 Å². The molecule has 4 nitrogen and oxygen atoms in total. The average Bonchev–Trinajstić information content (AvgIpc) is 3.01. The monoisotopic (exact) mass is 475 g/mol. The van der Waals surface area contributed by atoms with Crippen LogP contribution in [0, 0.1) is 0 Å². The van der Waals surface area contributed by atoms with Gasteiger partial charge in [0.2, 0.25) is 5.04 Å². The highest BCUT2D eigenvalue weighted by Gasteiger charge is 2.26. The molecule has 0 amide bonds. The van der Waals surface area contributed by atoms with Gasteiger partial charge >= 0.3 is 0 Å². The van der Waals surface area contributed by atoms with E-state index in [0.29, 0.717) is 5.02 Å². The van der Waals surface area contributed by atoms with Crippen LogP contribution in [-0.2, 0) is 10.1 Å². The molecule has 1 atom stereocenters. The molecule has 1 heterocycles. The van der Waals surface area contributed by atoms with Crippen molar-refractivity contribution >= 4 is 38.5 Å². The van der Waals surface area contributed by atoms with E-state index in [1.54, 1.807) is 5.04 Å². The number of halogens is 1. The maximum atomic E-state index is 10.3. The summed E-state index contributed by atoms with van der Waals surface area (Å²) in [5.41, 5.74) is 0. The molecule has 1 aliphatic rings. The smallest absolute Gasteiger partial charge is 0.207 e. The highest BCUT2D eigenvalue weighted by Crippen LogP contribution is 2.18. The molecule has 0 saturated carbocycles. The number of hydrogen-bond acceptors (Lipinski definition) is 4. The van der Waals surface area contributed by atoms with Crippen LogP contribution < -0.4 is 0 Å². The largest absolute Gasteiger partial charge is 0.744 e. The highest BCUT2D eigenvalue weighted by atomic mass is 35.5. The summed E-state index contributed by atoms with van der Waals surface area (Å²) < 4.78 is 33.6. The number of benzene rings is 1. The molecule has 0 saturated heterocycles. The molecule has 0 bridgehead atoms. The average molecular weight is 476 g/mol. The maximum Gasteiger partial charge on any atom is 0.207 e. The third kappa shape index (κ3) is 11.7. The lowest BCUT2D eigenvalue weighted by molar-refractivity contribution is -0.552. The second-order valence-electron chi connectivity index (χ2n) is 7.96. The van der Waals surface area contributed by atoms with Crippen LogP contribution in [0.4, 0.5) is 0 Å². The minimum atomic E-state index is -4.33. The molecular formula is C23H38ClNO3S2. The van der Waals surface area contributed by atoms with Crippen LogP contribution in [0.25, 0.3) is 0 Å². The molecule has 2 rings (SSSR count). The molecule has 0 aliphatic carbocycles. The van der Waals surface area contributed by atoms with Crippen molar-refractivity contribution in [1.82, 2.24) is 0 Å². The fourth-order valence-corrected chi connectivity index (χ4v) is 5.17. The summed E-state index contributed by atoms with van der Waals surface area (Å²) in [5.74, 6) is 1.30. The van der Waals surface area contributed by atoms with Crippen molar-refractivity contribution in [3.63, 3.8) is 0 Å². The van der Waals surface area contributed by atoms with Crippen molar-refractivity contribution in [2.24, 2.45) is 0 Å². The third-order valence-electron chi connectivity index (χ3n) is 5.32. The first-order valence-corrected chi connectivity index (χ1v) is 14.0. The van der Waals surface area contributed by atoms with E-state index < -0.39 is 10.1 Å². The van der Waals surface area contributed by atoms with Gasteiger partial charge in [0, 0.05) is 18.4 Å². The van der Waals surface area contributed by atoms with E-state index in [0.717, 1.165) is 6.04 Å². The first kappa shape index (κ1) is 27.5. The van der Waals surface area contributed by atoms with Gasteiger partial charge in [-0.05, 0) is 37.6 Å². The van der Waals surface area contributed by atoms with Crippen molar-refractivity contribution in [2.75, 3.05) is 12.3 Å². The predicted molar refractivity (Wildman–Crippen MR) is 129 cm³/mol. The standard InChI is InChI=1S/C17H34NS.C6H5ClO3S/c1-4-5-6-7-8-9-10-11-12-13-14-18-16(2)15-19-17(18)3;7-5-1-3-6(4-2-5)11(8,9)10/h16H,4-15H2,1-3H3;1-4H,(H,8,9,10)/q+1;/p-1. The Morgan fingerprint density at radius 3 is 1.93 bits per heavy atom. The molecule has 0 N–H and O–H groups in total. The minimum absolute atomic E-state index is 0.262. The molecule has 0 fully saturated rings. The fraction of sp³-hybridized carbons (Fsp3) is 0.696. The van der Waals surface area contributed by atoms with Gasteiger partial charge < -0.3 is 4.55 Å². The molecular weight excluding hydrogens is 438 g/mol. The second-order valence-corrected chi connectivity index (χ2v) is 11.0. The molecule has 30 heavy (non-hydrogen) atoms. The van der Waals surface area contributed by atoms with Crippen LogP contribution in [0.2, 0.25) is 5.02 Å². The van der Waals surface area contributed by atoms with E-state index >= 15 is 0 Å². The molecule has 0 spiro atoms. The van der Waals surface area contributed by atoms with Crippen LogP contribution >= 0.6 is 23.4 Å². The van der Waals surface area contributed by atoms with E-state index in [1.165, 1.54) is 101 Å². The first-order valence-electron chi connectivity index (χ1n) is 11.2. The lowest BCUT2D eigenvalue weighted by atomic mass is 10.1. The molecule has 0 aromatic heterocycles. The Kier molecular flexibility index (Phi) is 14.0. The molecule has 172 valence electrons. The Hall–Kier alpha value is -0.560. The maximum absolute atomic E-state index is 10.3. The van der Waals surface area contributed by atoms with E-state index in [4.69, 9.17) is 11.6 Å². The molecule has 1 aromatic carbocycles. The van der Waals surface area contributed by atoms with Gasteiger partial charge in [0.05, 0.1) is 10.6 Å². The van der Waals surface area contributed by atoms with Crippen LogP contribution in [0.1, 0.15) is 85.0 Å². The van der Waals surface area contributed by atoms with Crippen LogP contribution in [-0.4, -0.2) is 40.9 Å². The number of thioether (sulfide) groups is 1. The van der Waals surface area contributed by atoms with E-state index in [9.17, 15) is 13.0 Å². The topological polar surface area (TPSA) is 60.2 Å². The van der Waals surface area contributed by atoms with Gasteiger partial charge in [0.25, 0.3) is 0 Å². The van der Waals surface area contributed by atoms with Crippen LogP contribution in [0.3, 0.4) is 0 Å². The van der Waals surface area contributed by atoms with Gasteiger partial charge in [-0.1, -0.05) is 81.7 Å². The van der Waals surface area contributed by atoms with Crippen LogP contribution in [0.5, 0.6) is 0 Å². The summed E-state index contributed by atoms with van der Waals surface area (Å²) in [6, 6.07) is 5.82. The number of rotatable bonds is 12. The Balaban J connectivity index is 0.000000346. The summed E-state index contributed by atoms with van der Waals surface area (Å²) in [7, 11) is -4.33. The normalized spacial score (nSPS) is 16.5. The van der Waals surface area contributed by atoms with Gasteiger partial charge in [-0.3, -0.25) is 0 Å². The zero-order valence-electron chi connectivity index (χ0n) is 18.7. The fourth-order valence-electron chi connectivity index (χ4n) is 3.47. The van der Waals surface area contributed by atoms with Crippen molar-refractivity contribution in [3.8, 4) is 0 Å². The summed E-state index contributed by atoms with van der Waals surface area (Å²) in [6.07, 6.45) is 14.4. The third-order valence-corrected chi connectivity index (χ3v) is 7.73. The Morgan fingerprint density at radius 1 is 1.00 bits per heavy atom. The molecule has 1 aliphatic heterocycles. The van der Waals surface area contributed by atoms with Crippen LogP contribution in [0.15, 0.2) is 29.2 Å². The number of nitrogens with zero attached hydrogens (tertiary/aromatic N) is 1. The van der Waals surface area contributed by atoms with E-state index in [2.05, 4.69) is 25.3 Å². The van der Waals surface area contributed by atoms with Gasteiger partial charge in [-0.15, -0.1) is 0 Å². The highest BCUT2D eigenvalue weighted by molar-refractivity contribution is 8.13. The minimum Gasteiger partial charge on any atom is -0.744 e. The molecule has 7 heteroatoms. The quantitative estimate of drug-likeness (QED) is 0.191. The van der Waals surface area contributed by atoms with Crippen molar-refractivity contribution < 1.29 is 17.5 Å². The molecule has 1 aromatic rings. The van der Waals surface area contributed by atoms with Gasteiger partial charge in [0.1, 0.15) is 16.7 Å². The number of hydrogen-bond donors (Lipinski definition) is 0. The zero-order valence-corrected chi connectivity index (χ0v) is 21.1. The molecule has 1 unspecified atom stereocenters. The van der Waals surface area contributed by atoms with Gasteiger partial charge in [-0.25, -0.2) is 13.0 Å². The summed E-state index contributed by atoms with van der Waals surface area (Å²) in [5, 5.41) is 1.95. The summed E-state index contributed by atoms with van der Waals surface area (Å²) in [4.78, 5) is -0.262. The summed E-state index contributed by atoms with van der Waals surface area (Å²) in [6.45, 7) is 8.22.